The predicted octanol–water partition coefficient (Wildman–Crippen LogP) is 2.19. The van der Waals surface area contributed by atoms with E-state index >= 15 is 0 Å². The van der Waals surface area contributed by atoms with Crippen LogP contribution >= 0.6 is 0 Å². The van der Waals surface area contributed by atoms with Crippen LogP contribution in [0.15, 0.2) is 12.1 Å². The van der Waals surface area contributed by atoms with E-state index in [1.165, 1.54) is 13.8 Å². The molecule has 4 nitrogen and oxygen atoms in total. The van der Waals surface area contributed by atoms with Gasteiger partial charge in [0, 0.05) is 6.42 Å². The van der Waals surface area contributed by atoms with Gasteiger partial charge in [-0.05, 0) is 25.5 Å². The van der Waals surface area contributed by atoms with E-state index in [-0.39, 0.29) is 12.0 Å². The summed E-state index contributed by atoms with van der Waals surface area (Å²) >= 11 is 0. The van der Waals surface area contributed by atoms with E-state index in [2.05, 4.69) is 0 Å². The number of rotatable bonds is 3. The summed E-state index contributed by atoms with van der Waals surface area (Å²) < 4.78 is 26.5. The van der Waals surface area contributed by atoms with Crippen molar-refractivity contribution >= 4 is 5.69 Å². The molecule has 0 aromatic heterocycles. The Kier molecular flexibility index (Phi) is 3.23. The van der Waals surface area contributed by atoms with Crippen LogP contribution in [-0.4, -0.2) is 15.6 Å². The van der Waals surface area contributed by atoms with E-state index in [0.717, 1.165) is 6.07 Å². The molecule has 1 aromatic rings. The number of benzene rings is 1. The van der Waals surface area contributed by atoms with Gasteiger partial charge in [-0.25, -0.2) is 4.39 Å². The van der Waals surface area contributed by atoms with E-state index in [0.29, 0.717) is 6.07 Å². The molecule has 1 N–H and O–H groups in total. The van der Waals surface area contributed by atoms with Crippen LogP contribution < -0.4 is 0 Å². The minimum atomic E-state index is -1.20. The van der Waals surface area contributed by atoms with Crippen molar-refractivity contribution in [2.45, 2.75) is 25.9 Å². The molecule has 0 atom stereocenters. The first-order chi connectivity index (χ1) is 7.20. The quantitative estimate of drug-likeness (QED) is 0.640. The van der Waals surface area contributed by atoms with Crippen LogP contribution in [0.2, 0.25) is 0 Å². The molecule has 0 radical (unpaired) electrons. The molecule has 0 heterocycles. The van der Waals surface area contributed by atoms with Crippen LogP contribution in [0.25, 0.3) is 0 Å². The molecule has 0 unspecified atom stereocenters. The minimum absolute atomic E-state index is 0.0874. The van der Waals surface area contributed by atoms with Crippen molar-refractivity contribution in [1.29, 1.82) is 0 Å². The van der Waals surface area contributed by atoms with Gasteiger partial charge in [0.15, 0.2) is 0 Å². The van der Waals surface area contributed by atoms with Gasteiger partial charge in [0.2, 0.25) is 5.82 Å². The lowest BCUT2D eigenvalue weighted by atomic mass is 9.98. The van der Waals surface area contributed by atoms with Gasteiger partial charge >= 0.3 is 5.69 Å². The maximum Gasteiger partial charge on any atom is 0.307 e. The molecule has 0 saturated heterocycles. The van der Waals surface area contributed by atoms with Crippen LogP contribution in [-0.2, 0) is 6.42 Å². The highest BCUT2D eigenvalue weighted by Crippen LogP contribution is 2.24. The fraction of sp³-hybridized carbons (Fsp3) is 0.400. The molecular weight excluding hydrogens is 220 g/mol. The van der Waals surface area contributed by atoms with E-state index in [4.69, 9.17) is 0 Å². The zero-order valence-electron chi connectivity index (χ0n) is 8.83. The van der Waals surface area contributed by atoms with Crippen molar-refractivity contribution in [3.05, 3.63) is 39.4 Å². The fourth-order valence-electron chi connectivity index (χ4n) is 1.32. The van der Waals surface area contributed by atoms with Crippen molar-refractivity contribution in [2.75, 3.05) is 0 Å². The zero-order valence-corrected chi connectivity index (χ0v) is 8.83. The maximum absolute atomic E-state index is 13.3. The van der Waals surface area contributed by atoms with Crippen LogP contribution in [0.1, 0.15) is 19.4 Å². The lowest BCUT2D eigenvalue weighted by Gasteiger charge is -2.17. The van der Waals surface area contributed by atoms with Gasteiger partial charge in [0.05, 0.1) is 16.6 Å². The number of hydrogen-bond donors (Lipinski definition) is 1. The Bertz CT molecular complexity index is 427. The summed E-state index contributed by atoms with van der Waals surface area (Å²) in [4.78, 5) is 9.33. The third kappa shape index (κ3) is 2.96. The molecule has 0 aliphatic heterocycles. The minimum Gasteiger partial charge on any atom is -0.390 e. The molecule has 6 heteroatoms. The van der Waals surface area contributed by atoms with Crippen molar-refractivity contribution in [3.63, 3.8) is 0 Å². The Labute approximate surface area is 90.7 Å². The second kappa shape index (κ2) is 4.13. The summed E-state index contributed by atoms with van der Waals surface area (Å²) in [6.07, 6.45) is -0.117. The van der Waals surface area contributed by atoms with Gasteiger partial charge in [0.1, 0.15) is 5.82 Å². The van der Waals surface area contributed by atoms with Gasteiger partial charge in [-0.15, -0.1) is 0 Å². The molecule has 0 bridgehead atoms. The number of hydrogen-bond acceptors (Lipinski definition) is 3. The average molecular weight is 231 g/mol. The normalized spacial score (nSPS) is 11.6. The van der Waals surface area contributed by atoms with Crippen molar-refractivity contribution in [3.8, 4) is 0 Å². The maximum atomic E-state index is 13.3. The summed E-state index contributed by atoms with van der Waals surface area (Å²) in [5.41, 5.74) is -2.20. The molecule has 1 rings (SSSR count). The SMILES string of the molecule is CC(C)(O)Cc1cc(F)c([N+](=O)[O-])cc1F. The molecular formula is C10H11F2NO3. The first-order valence-electron chi connectivity index (χ1n) is 4.55. The standard InChI is InChI=1S/C10H11F2NO3/c1-10(2,14)5-6-3-8(12)9(13(15)16)4-7(6)11/h3-4,14H,5H2,1-2H3. The monoisotopic (exact) mass is 231 g/mol. The second-order valence-corrected chi connectivity index (χ2v) is 4.14. The van der Waals surface area contributed by atoms with Crippen molar-refractivity contribution < 1.29 is 18.8 Å². The van der Waals surface area contributed by atoms with Crippen molar-refractivity contribution in [2.24, 2.45) is 0 Å². The summed E-state index contributed by atoms with van der Waals surface area (Å²) in [5.74, 6) is -2.00. The fourth-order valence-corrected chi connectivity index (χ4v) is 1.32. The Morgan fingerprint density at radius 1 is 1.38 bits per heavy atom. The first kappa shape index (κ1) is 12.5. The number of aliphatic hydroxyl groups is 1. The summed E-state index contributed by atoms with van der Waals surface area (Å²) in [7, 11) is 0. The number of nitro groups is 1. The first-order valence-corrected chi connectivity index (χ1v) is 4.55. The molecule has 0 aliphatic rings. The summed E-state index contributed by atoms with van der Waals surface area (Å²) in [5, 5.41) is 19.8. The van der Waals surface area contributed by atoms with Gasteiger partial charge in [0.25, 0.3) is 0 Å². The Hall–Kier alpha value is -1.56. The molecule has 16 heavy (non-hydrogen) atoms. The molecule has 88 valence electrons. The van der Waals surface area contributed by atoms with Crippen LogP contribution in [0.3, 0.4) is 0 Å². The summed E-state index contributed by atoms with van der Waals surface area (Å²) in [6.45, 7) is 2.87. The van der Waals surface area contributed by atoms with Gasteiger partial charge in [-0.3, -0.25) is 10.1 Å². The third-order valence-electron chi connectivity index (χ3n) is 1.94. The van der Waals surface area contributed by atoms with Gasteiger partial charge < -0.3 is 5.11 Å². The largest absolute Gasteiger partial charge is 0.390 e. The van der Waals surface area contributed by atoms with Gasteiger partial charge in [-0.2, -0.15) is 4.39 Å². The smallest absolute Gasteiger partial charge is 0.307 e. The average Bonchev–Trinajstić information content (AvgIpc) is 2.07. The van der Waals surface area contributed by atoms with Crippen molar-refractivity contribution in [1.82, 2.24) is 0 Å². The van der Waals surface area contributed by atoms with Gasteiger partial charge in [-0.1, -0.05) is 0 Å². The Balaban J connectivity index is 3.16. The molecule has 1 aromatic carbocycles. The highest BCUT2D eigenvalue weighted by atomic mass is 19.1. The zero-order chi connectivity index (χ0) is 12.5. The number of nitrogens with zero attached hydrogens (tertiary/aromatic N) is 1. The van der Waals surface area contributed by atoms with Crippen LogP contribution in [0.4, 0.5) is 14.5 Å². The Morgan fingerprint density at radius 3 is 2.38 bits per heavy atom. The predicted molar refractivity (Wildman–Crippen MR) is 53.0 cm³/mol. The van der Waals surface area contributed by atoms with Crippen LogP contribution in [0.5, 0.6) is 0 Å². The molecule has 0 amide bonds. The Morgan fingerprint density at radius 2 is 1.94 bits per heavy atom. The molecule has 0 saturated carbocycles. The second-order valence-electron chi connectivity index (χ2n) is 4.14. The summed E-state index contributed by atoms with van der Waals surface area (Å²) in [6, 6.07) is 1.27. The molecule has 0 aliphatic carbocycles. The van der Waals surface area contributed by atoms with E-state index in [1.54, 1.807) is 0 Å². The highest BCUT2D eigenvalue weighted by molar-refractivity contribution is 5.36. The van der Waals surface area contributed by atoms with Crippen LogP contribution in [0, 0.1) is 21.7 Å². The van der Waals surface area contributed by atoms with E-state index in [9.17, 15) is 24.0 Å². The number of halogens is 2. The topological polar surface area (TPSA) is 63.4 Å². The van der Waals surface area contributed by atoms with E-state index in [1.807, 2.05) is 0 Å². The number of nitro benzene ring substituents is 1. The van der Waals surface area contributed by atoms with E-state index < -0.39 is 27.8 Å². The molecule has 0 fully saturated rings. The third-order valence-corrected chi connectivity index (χ3v) is 1.94. The lowest BCUT2D eigenvalue weighted by molar-refractivity contribution is -0.387. The molecule has 0 spiro atoms. The lowest BCUT2D eigenvalue weighted by Crippen LogP contribution is -2.22. The highest BCUT2D eigenvalue weighted by Gasteiger charge is 2.22.